The Morgan fingerprint density at radius 1 is 1.10 bits per heavy atom. The van der Waals surface area contributed by atoms with Crippen molar-refractivity contribution in [3.05, 3.63) is 71.4 Å². The minimum Gasteiger partial charge on any atom is -0.465 e. The quantitative estimate of drug-likeness (QED) is 0.736. The Balaban J connectivity index is 1.88. The molecule has 0 aliphatic carbocycles. The molecule has 0 unspecified atom stereocenters. The van der Waals surface area contributed by atoms with Crippen LogP contribution in [0, 0.1) is 0 Å². The number of fused-ring (bicyclic) bond motifs is 1. The first-order valence-electron chi connectivity index (χ1n) is 6.49. The van der Waals surface area contributed by atoms with Crippen LogP contribution in [0.15, 0.2) is 54.7 Å². The topological polar surface area (TPSA) is 42.1 Å². The van der Waals surface area contributed by atoms with Crippen molar-refractivity contribution in [1.82, 2.24) is 4.98 Å². The van der Waals surface area contributed by atoms with E-state index >= 15 is 0 Å². The monoisotopic (exact) mass is 265 g/mol. The van der Waals surface area contributed by atoms with Crippen LogP contribution in [-0.2, 0) is 11.2 Å². The van der Waals surface area contributed by atoms with E-state index in [0.29, 0.717) is 5.56 Å². The zero-order valence-electron chi connectivity index (χ0n) is 11.2. The van der Waals surface area contributed by atoms with Crippen molar-refractivity contribution in [2.24, 2.45) is 0 Å². The third-order valence-corrected chi connectivity index (χ3v) is 3.37. The highest BCUT2D eigenvalue weighted by Gasteiger charge is 2.06. The molecule has 0 saturated heterocycles. The Bertz CT molecular complexity index is 758. The van der Waals surface area contributed by atoms with Crippen LogP contribution in [0.25, 0.3) is 10.9 Å². The molecule has 100 valence electrons. The maximum absolute atomic E-state index is 11.5. The second kappa shape index (κ2) is 5.21. The highest BCUT2D eigenvalue weighted by atomic mass is 16.5. The van der Waals surface area contributed by atoms with Gasteiger partial charge in [0.25, 0.3) is 0 Å². The summed E-state index contributed by atoms with van der Waals surface area (Å²) in [6.07, 6.45) is 2.73. The van der Waals surface area contributed by atoms with Gasteiger partial charge in [0.05, 0.1) is 12.7 Å². The van der Waals surface area contributed by atoms with E-state index < -0.39 is 0 Å². The van der Waals surface area contributed by atoms with Crippen LogP contribution >= 0.6 is 0 Å². The first kappa shape index (κ1) is 12.5. The molecule has 2 aromatic carbocycles. The van der Waals surface area contributed by atoms with Gasteiger partial charge in [-0.3, -0.25) is 0 Å². The van der Waals surface area contributed by atoms with E-state index in [1.54, 1.807) is 6.07 Å². The first-order valence-corrected chi connectivity index (χ1v) is 6.49. The molecule has 3 nitrogen and oxygen atoms in total. The number of benzene rings is 2. The van der Waals surface area contributed by atoms with Gasteiger partial charge < -0.3 is 9.72 Å². The summed E-state index contributed by atoms with van der Waals surface area (Å²) in [5.41, 5.74) is 4.05. The zero-order valence-corrected chi connectivity index (χ0v) is 11.2. The van der Waals surface area contributed by atoms with Gasteiger partial charge in [0.2, 0.25) is 0 Å². The number of carbonyl (C=O) groups is 1. The Hall–Kier alpha value is -2.55. The summed E-state index contributed by atoms with van der Waals surface area (Å²) < 4.78 is 4.75. The molecular formula is C17H15NO2. The number of ether oxygens (including phenoxy) is 1. The smallest absolute Gasteiger partial charge is 0.337 e. The van der Waals surface area contributed by atoms with Crippen molar-refractivity contribution in [2.45, 2.75) is 6.42 Å². The minimum absolute atomic E-state index is 0.298. The number of esters is 1. The van der Waals surface area contributed by atoms with Gasteiger partial charge in [-0.25, -0.2) is 4.79 Å². The molecule has 0 bridgehead atoms. The molecule has 3 aromatic rings. The normalized spacial score (nSPS) is 10.7. The Labute approximate surface area is 117 Å². The number of aromatic amines is 1. The summed E-state index contributed by atoms with van der Waals surface area (Å²) in [4.78, 5) is 14.7. The number of methoxy groups -OCH3 is 1. The summed E-state index contributed by atoms with van der Waals surface area (Å²) in [5.74, 6) is -0.298. The summed E-state index contributed by atoms with van der Waals surface area (Å²) in [6, 6.07) is 16.0. The maximum atomic E-state index is 11.5. The van der Waals surface area contributed by atoms with Crippen molar-refractivity contribution >= 4 is 16.9 Å². The number of hydrogen-bond acceptors (Lipinski definition) is 2. The molecule has 1 N–H and O–H groups in total. The molecule has 20 heavy (non-hydrogen) atoms. The minimum atomic E-state index is -0.298. The van der Waals surface area contributed by atoms with Crippen molar-refractivity contribution in [2.75, 3.05) is 7.11 Å². The number of hydrogen-bond donors (Lipinski definition) is 1. The lowest BCUT2D eigenvalue weighted by atomic mass is 10.0. The van der Waals surface area contributed by atoms with Crippen LogP contribution < -0.4 is 0 Å². The molecule has 0 amide bonds. The van der Waals surface area contributed by atoms with Crippen molar-refractivity contribution < 1.29 is 9.53 Å². The lowest BCUT2D eigenvalue weighted by molar-refractivity contribution is 0.0600. The molecule has 0 saturated carbocycles. The average molecular weight is 265 g/mol. The van der Waals surface area contributed by atoms with Gasteiger partial charge in [-0.15, -0.1) is 0 Å². The predicted octanol–water partition coefficient (Wildman–Crippen LogP) is 3.55. The molecule has 1 aromatic heterocycles. The van der Waals surface area contributed by atoms with E-state index in [1.165, 1.54) is 18.1 Å². The van der Waals surface area contributed by atoms with Gasteiger partial charge in [0.1, 0.15) is 0 Å². The van der Waals surface area contributed by atoms with Crippen molar-refractivity contribution in [3.63, 3.8) is 0 Å². The van der Waals surface area contributed by atoms with E-state index in [0.717, 1.165) is 17.5 Å². The average Bonchev–Trinajstić information content (AvgIpc) is 2.94. The van der Waals surface area contributed by atoms with E-state index in [9.17, 15) is 4.79 Å². The fourth-order valence-corrected chi connectivity index (χ4v) is 2.37. The van der Waals surface area contributed by atoms with Gasteiger partial charge in [-0.05, 0) is 53.3 Å². The van der Waals surface area contributed by atoms with Crippen LogP contribution in [0.1, 0.15) is 21.5 Å². The number of carbonyl (C=O) groups excluding carboxylic acids is 1. The summed E-state index contributed by atoms with van der Waals surface area (Å²) in [7, 11) is 1.40. The molecule has 0 spiro atoms. The summed E-state index contributed by atoms with van der Waals surface area (Å²) >= 11 is 0. The molecule has 0 aliphatic rings. The fraction of sp³-hybridized carbons (Fsp3) is 0.118. The number of nitrogens with one attached hydrogen (secondary N) is 1. The molecule has 3 heteroatoms. The van der Waals surface area contributed by atoms with E-state index in [2.05, 4.69) is 29.2 Å². The molecule has 0 fully saturated rings. The Kier molecular flexibility index (Phi) is 3.25. The second-order valence-corrected chi connectivity index (χ2v) is 4.77. The van der Waals surface area contributed by atoms with Gasteiger partial charge in [-0.1, -0.05) is 18.2 Å². The van der Waals surface area contributed by atoms with Crippen LogP contribution in [0.5, 0.6) is 0 Å². The van der Waals surface area contributed by atoms with Crippen LogP contribution in [0.2, 0.25) is 0 Å². The van der Waals surface area contributed by atoms with Crippen LogP contribution in [0.4, 0.5) is 0 Å². The Morgan fingerprint density at radius 3 is 2.80 bits per heavy atom. The number of rotatable bonds is 3. The summed E-state index contributed by atoms with van der Waals surface area (Å²) in [5, 5.41) is 1.20. The molecular weight excluding hydrogens is 250 g/mol. The van der Waals surface area contributed by atoms with Crippen LogP contribution in [0.3, 0.4) is 0 Å². The first-order chi connectivity index (χ1) is 9.76. The third kappa shape index (κ3) is 2.43. The van der Waals surface area contributed by atoms with Gasteiger partial charge in [0, 0.05) is 11.7 Å². The number of aromatic nitrogens is 1. The lowest BCUT2D eigenvalue weighted by Gasteiger charge is -2.05. The van der Waals surface area contributed by atoms with Crippen LogP contribution in [-0.4, -0.2) is 18.1 Å². The molecule has 0 radical (unpaired) electrons. The van der Waals surface area contributed by atoms with Crippen molar-refractivity contribution in [3.8, 4) is 0 Å². The highest BCUT2D eigenvalue weighted by molar-refractivity contribution is 5.89. The second-order valence-electron chi connectivity index (χ2n) is 4.77. The number of H-pyrrole nitrogens is 1. The SMILES string of the molecule is COC(=O)c1cccc(Cc2ccc3[nH]ccc3c2)c1. The van der Waals surface area contributed by atoms with E-state index in [-0.39, 0.29) is 5.97 Å². The van der Waals surface area contributed by atoms with Crippen molar-refractivity contribution in [1.29, 1.82) is 0 Å². The van der Waals surface area contributed by atoms with Gasteiger partial charge >= 0.3 is 5.97 Å². The standard InChI is InChI=1S/C17H15NO2/c1-20-17(19)15-4-2-3-12(11-15)9-13-5-6-16-14(10-13)7-8-18-16/h2-8,10-11,18H,9H2,1H3. The van der Waals surface area contributed by atoms with Gasteiger partial charge in [-0.2, -0.15) is 0 Å². The lowest BCUT2D eigenvalue weighted by Crippen LogP contribution is -2.01. The van der Waals surface area contributed by atoms with E-state index in [1.807, 2.05) is 24.4 Å². The Morgan fingerprint density at radius 2 is 1.95 bits per heavy atom. The zero-order chi connectivity index (χ0) is 13.9. The largest absolute Gasteiger partial charge is 0.465 e. The maximum Gasteiger partial charge on any atom is 0.337 e. The van der Waals surface area contributed by atoms with E-state index in [4.69, 9.17) is 4.74 Å². The third-order valence-electron chi connectivity index (χ3n) is 3.37. The summed E-state index contributed by atoms with van der Waals surface area (Å²) in [6.45, 7) is 0. The molecule has 1 heterocycles. The molecule has 0 aliphatic heterocycles. The fourth-order valence-electron chi connectivity index (χ4n) is 2.37. The highest BCUT2D eigenvalue weighted by Crippen LogP contribution is 2.18. The van der Waals surface area contributed by atoms with Gasteiger partial charge in [0.15, 0.2) is 0 Å². The molecule has 0 atom stereocenters. The molecule has 3 rings (SSSR count). The predicted molar refractivity (Wildman–Crippen MR) is 78.9 cm³/mol.